The third-order valence-electron chi connectivity index (χ3n) is 3.72. The fourth-order valence-corrected chi connectivity index (χ4v) is 2.47. The number of hydrogen-bond donors (Lipinski definition) is 0. The third-order valence-corrected chi connectivity index (χ3v) is 3.72. The van der Waals surface area contributed by atoms with E-state index in [-0.39, 0.29) is 0 Å². The molecule has 0 saturated carbocycles. The number of methoxy groups -OCH3 is 1. The van der Waals surface area contributed by atoms with Gasteiger partial charge in [-0.05, 0) is 40.5 Å². The molecule has 3 rings (SSSR count). The van der Waals surface area contributed by atoms with Gasteiger partial charge in [0.1, 0.15) is 5.75 Å². The van der Waals surface area contributed by atoms with Crippen molar-refractivity contribution in [1.82, 2.24) is 0 Å². The molecular weight excluding hydrogens is 292 g/mol. The average Bonchev–Trinajstić information content (AvgIpc) is 2.66. The van der Waals surface area contributed by atoms with Gasteiger partial charge >= 0.3 is 0 Å². The molecule has 0 unspecified atom stereocenters. The smallest absolute Gasteiger partial charge is 0.120 e. The molecule has 0 aromatic heterocycles. The highest BCUT2D eigenvalue weighted by atomic mass is 16.5. The van der Waals surface area contributed by atoms with E-state index in [9.17, 15) is 0 Å². The molecule has 3 aromatic rings. The zero-order chi connectivity index (χ0) is 16.6. The second-order valence-corrected chi connectivity index (χ2v) is 5.53. The second-order valence-electron chi connectivity index (χ2n) is 5.53. The van der Waals surface area contributed by atoms with Crippen LogP contribution in [0.3, 0.4) is 0 Å². The molecule has 118 valence electrons. The predicted octanol–water partition coefficient (Wildman–Crippen LogP) is 6.04. The molecule has 0 bridgehead atoms. The van der Waals surface area contributed by atoms with Gasteiger partial charge in [-0.15, -0.1) is 0 Å². The van der Waals surface area contributed by atoms with Gasteiger partial charge in [0, 0.05) is 0 Å². The van der Waals surface area contributed by atoms with E-state index in [0.717, 1.165) is 16.9 Å². The summed E-state index contributed by atoms with van der Waals surface area (Å²) in [7, 11) is 1.70. The zero-order valence-corrected chi connectivity index (χ0v) is 13.7. The van der Waals surface area contributed by atoms with Gasteiger partial charge in [0.2, 0.25) is 0 Å². The van der Waals surface area contributed by atoms with Gasteiger partial charge in [0.15, 0.2) is 0 Å². The summed E-state index contributed by atoms with van der Waals surface area (Å²) >= 11 is 0. The van der Waals surface area contributed by atoms with Crippen LogP contribution in [0, 0.1) is 0 Å². The van der Waals surface area contributed by atoms with Crippen LogP contribution in [-0.4, -0.2) is 7.11 Å². The molecule has 0 aliphatic rings. The maximum absolute atomic E-state index is 5.43. The Morgan fingerprint density at radius 3 is 1.38 bits per heavy atom. The van der Waals surface area contributed by atoms with Crippen LogP contribution in [0.5, 0.6) is 5.75 Å². The van der Waals surface area contributed by atoms with E-state index in [1.165, 1.54) is 11.1 Å². The first kappa shape index (κ1) is 15.8. The molecule has 0 atom stereocenters. The Hall–Kier alpha value is -3.06. The summed E-state index contributed by atoms with van der Waals surface area (Å²) in [4.78, 5) is 0. The molecule has 0 saturated heterocycles. The lowest BCUT2D eigenvalue weighted by atomic mass is 10.1. The van der Waals surface area contributed by atoms with E-state index in [1.807, 2.05) is 48.5 Å². The van der Waals surface area contributed by atoms with Gasteiger partial charge in [-0.3, -0.25) is 0 Å². The topological polar surface area (TPSA) is 9.23 Å². The number of benzene rings is 3. The van der Waals surface area contributed by atoms with E-state index in [0.29, 0.717) is 0 Å². The molecule has 0 heterocycles. The molecule has 0 spiro atoms. The van der Waals surface area contributed by atoms with Crippen LogP contribution >= 0.6 is 0 Å². The summed E-state index contributed by atoms with van der Waals surface area (Å²) in [5.41, 5.74) is 4.60. The maximum atomic E-state index is 5.43. The van der Waals surface area contributed by atoms with Crippen LogP contribution in [0.1, 0.15) is 22.3 Å². The quantitative estimate of drug-likeness (QED) is 0.522. The normalized spacial score (nSPS) is 11.2. The Bertz CT molecular complexity index is 763. The molecule has 0 aliphatic carbocycles. The number of hydrogen-bond acceptors (Lipinski definition) is 1. The van der Waals surface area contributed by atoms with Crippen LogP contribution in [-0.2, 0) is 0 Å². The molecular formula is C23H20O. The van der Waals surface area contributed by atoms with E-state index in [4.69, 9.17) is 4.74 Å². The lowest BCUT2D eigenvalue weighted by Gasteiger charge is -2.04. The van der Waals surface area contributed by atoms with Gasteiger partial charge in [-0.1, -0.05) is 85.0 Å². The first-order valence-corrected chi connectivity index (χ1v) is 7.99. The fraction of sp³-hybridized carbons (Fsp3) is 0.0435. The Balaban J connectivity index is 1.85. The summed E-state index contributed by atoms with van der Waals surface area (Å²) in [6, 6.07) is 26.8. The molecule has 0 N–H and O–H groups in total. The van der Waals surface area contributed by atoms with Crippen molar-refractivity contribution in [3.05, 3.63) is 101 Å². The van der Waals surface area contributed by atoms with Gasteiger partial charge < -0.3 is 4.74 Å². The Kier molecular flexibility index (Phi) is 5.26. The lowest BCUT2D eigenvalue weighted by molar-refractivity contribution is 0.414. The summed E-state index contributed by atoms with van der Waals surface area (Å²) in [5.74, 6) is 0.859. The maximum Gasteiger partial charge on any atom is 0.120 e. The van der Waals surface area contributed by atoms with Crippen LogP contribution in [0.2, 0.25) is 0 Å². The Labute approximate surface area is 143 Å². The fourth-order valence-electron chi connectivity index (χ4n) is 2.47. The largest absolute Gasteiger partial charge is 0.497 e. The minimum absolute atomic E-state index is 0.859. The molecule has 3 aromatic carbocycles. The standard InChI is InChI=1S/C23H20O/c1-24-23-17-21(14-12-19-8-4-2-5-9-19)16-22(18-23)15-13-20-10-6-3-7-11-20/h2-18H,1H3/b14-12+,15-13+. The van der Waals surface area contributed by atoms with E-state index >= 15 is 0 Å². The molecule has 24 heavy (non-hydrogen) atoms. The average molecular weight is 312 g/mol. The minimum atomic E-state index is 0.859. The summed E-state index contributed by atoms with van der Waals surface area (Å²) in [6.07, 6.45) is 8.44. The Morgan fingerprint density at radius 1 is 0.542 bits per heavy atom. The summed E-state index contributed by atoms with van der Waals surface area (Å²) < 4.78 is 5.43. The van der Waals surface area contributed by atoms with Gasteiger partial charge in [-0.2, -0.15) is 0 Å². The molecule has 1 heteroatoms. The first-order chi connectivity index (χ1) is 11.8. The molecule has 0 radical (unpaired) electrons. The van der Waals surface area contributed by atoms with Crippen molar-refractivity contribution in [2.24, 2.45) is 0 Å². The summed E-state index contributed by atoms with van der Waals surface area (Å²) in [6.45, 7) is 0. The SMILES string of the molecule is COc1cc(/C=C/c2ccccc2)cc(/C=C/c2ccccc2)c1. The van der Waals surface area contributed by atoms with Crippen LogP contribution < -0.4 is 4.74 Å². The van der Waals surface area contributed by atoms with Crippen molar-refractivity contribution in [1.29, 1.82) is 0 Å². The van der Waals surface area contributed by atoms with Gasteiger partial charge in [-0.25, -0.2) is 0 Å². The van der Waals surface area contributed by atoms with Crippen LogP contribution in [0.25, 0.3) is 24.3 Å². The van der Waals surface area contributed by atoms with Crippen molar-refractivity contribution in [2.45, 2.75) is 0 Å². The van der Waals surface area contributed by atoms with E-state index in [2.05, 4.69) is 54.6 Å². The molecule has 0 fully saturated rings. The van der Waals surface area contributed by atoms with Gasteiger partial charge in [0.25, 0.3) is 0 Å². The zero-order valence-electron chi connectivity index (χ0n) is 13.7. The second kappa shape index (κ2) is 7.98. The lowest BCUT2D eigenvalue weighted by Crippen LogP contribution is -1.85. The number of ether oxygens (including phenoxy) is 1. The van der Waals surface area contributed by atoms with Crippen molar-refractivity contribution in [2.75, 3.05) is 7.11 Å². The minimum Gasteiger partial charge on any atom is -0.497 e. The van der Waals surface area contributed by atoms with Gasteiger partial charge in [0.05, 0.1) is 7.11 Å². The van der Waals surface area contributed by atoms with Crippen molar-refractivity contribution in [3.63, 3.8) is 0 Å². The number of rotatable bonds is 5. The van der Waals surface area contributed by atoms with E-state index in [1.54, 1.807) is 7.11 Å². The Morgan fingerprint density at radius 2 is 0.958 bits per heavy atom. The highest BCUT2D eigenvalue weighted by Crippen LogP contribution is 2.21. The van der Waals surface area contributed by atoms with Crippen LogP contribution in [0.4, 0.5) is 0 Å². The monoisotopic (exact) mass is 312 g/mol. The predicted molar refractivity (Wildman–Crippen MR) is 104 cm³/mol. The van der Waals surface area contributed by atoms with Crippen LogP contribution in [0.15, 0.2) is 78.9 Å². The van der Waals surface area contributed by atoms with Crippen molar-refractivity contribution >= 4 is 24.3 Å². The molecule has 0 amide bonds. The van der Waals surface area contributed by atoms with Crippen molar-refractivity contribution < 1.29 is 4.74 Å². The van der Waals surface area contributed by atoms with E-state index < -0.39 is 0 Å². The summed E-state index contributed by atoms with van der Waals surface area (Å²) in [5, 5.41) is 0. The highest BCUT2D eigenvalue weighted by Gasteiger charge is 1.98. The molecule has 1 nitrogen and oxygen atoms in total. The highest BCUT2D eigenvalue weighted by molar-refractivity contribution is 5.75. The third kappa shape index (κ3) is 4.47. The molecule has 0 aliphatic heterocycles. The first-order valence-electron chi connectivity index (χ1n) is 7.99. The van der Waals surface area contributed by atoms with Crippen molar-refractivity contribution in [3.8, 4) is 5.75 Å².